The topological polar surface area (TPSA) is 90.6 Å². The molecule has 0 fully saturated rings. The first-order chi connectivity index (χ1) is 15.0. The molecule has 0 aliphatic rings. The van der Waals surface area contributed by atoms with Crippen LogP contribution < -0.4 is 10.9 Å². The fourth-order valence-corrected chi connectivity index (χ4v) is 3.75. The van der Waals surface area contributed by atoms with Gasteiger partial charge in [-0.15, -0.1) is 0 Å². The zero-order valence-corrected chi connectivity index (χ0v) is 17.7. The van der Waals surface area contributed by atoms with Crippen LogP contribution in [0.2, 0.25) is 0 Å². The Morgan fingerprint density at radius 3 is 2.58 bits per heavy atom. The van der Waals surface area contributed by atoms with E-state index in [4.69, 9.17) is 0 Å². The average Bonchev–Trinajstić information content (AvgIpc) is 3.16. The van der Waals surface area contributed by atoms with Crippen molar-refractivity contribution in [1.29, 1.82) is 0 Å². The molecule has 2 heterocycles. The lowest BCUT2D eigenvalue weighted by molar-refractivity contribution is -0.121. The van der Waals surface area contributed by atoms with Crippen LogP contribution in [0.5, 0.6) is 0 Å². The van der Waals surface area contributed by atoms with E-state index >= 15 is 0 Å². The summed E-state index contributed by atoms with van der Waals surface area (Å²) < 4.78 is 0. The summed E-state index contributed by atoms with van der Waals surface area (Å²) in [6.45, 7) is 3.97. The van der Waals surface area contributed by atoms with Gasteiger partial charge in [-0.3, -0.25) is 9.59 Å². The molecule has 3 N–H and O–H groups in total. The van der Waals surface area contributed by atoms with E-state index < -0.39 is 0 Å². The molecule has 0 aliphatic carbocycles. The molecule has 0 spiro atoms. The molecule has 1 amide bonds. The summed E-state index contributed by atoms with van der Waals surface area (Å²) in [5.41, 5.74) is 3.43. The predicted molar refractivity (Wildman–Crippen MR) is 122 cm³/mol. The molecule has 0 saturated carbocycles. The molecule has 4 rings (SSSR count). The quantitative estimate of drug-likeness (QED) is 0.427. The normalized spacial score (nSPS) is 12.2. The first kappa shape index (κ1) is 20.6. The minimum atomic E-state index is -0.284. The van der Waals surface area contributed by atoms with Gasteiger partial charge in [0.1, 0.15) is 5.82 Å². The van der Waals surface area contributed by atoms with Crippen molar-refractivity contribution in [3.8, 4) is 0 Å². The summed E-state index contributed by atoms with van der Waals surface area (Å²) in [6.07, 6.45) is 2.59. The van der Waals surface area contributed by atoms with Gasteiger partial charge in [-0.1, -0.05) is 62.4 Å². The Hall–Kier alpha value is -3.67. The minimum Gasteiger partial charge on any atom is -0.361 e. The van der Waals surface area contributed by atoms with Gasteiger partial charge in [0.25, 0.3) is 5.56 Å². The Balaban J connectivity index is 1.57. The fraction of sp³-hybridized carbons (Fsp3) is 0.240. The molecule has 2 aromatic carbocycles. The number of amides is 1. The SMILES string of the molecule is CC(C)c1nc(CC(NC(=O)Cc2c[nH]c3ccccc23)c2ccccc2)cc(=O)[nH]1. The van der Waals surface area contributed by atoms with Crippen LogP contribution in [0.1, 0.15) is 48.5 Å². The second-order valence-corrected chi connectivity index (χ2v) is 8.05. The molecule has 4 aromatic rings. The summed E-state index contributed by atoms with van der Waals surface area (Å²) in [7, 11) is 0. The second-order valence-electron chi connectivity index (χ2n) is 8.05. The summed E-state index contributed by atoms with van der Waals surface area (Å²) in [4.78, 5) is 35.7. The van der Waals surface area contributed by atoms with Gasteiger partial charge in [-0.25, -0.2) is 4.98 Å². The van der Waals surface area contributed by atoms with Crippen LogP contribution in [-0.4, -0.2) is 20.9 Å². The van der Waals surface area contributed by atoms with Gasteiger partial charge in [0, 0.05) is 35.5 Å². The maximum Gasteiger partial charge on any atom is 0.251 e. The number of aromatic amines is 2. The molecule has 1 unspecified atom stereocenters. The molecule has 0 aliphatic heterocycles. The summed E-state index contributed by atoms with van der Waals surface area (Å²) in [5.74, 6) is 0.686. The summed E-state index contributed by atoms with van der Waals surface area (Å²) in [5, 5.41) is 4.20. The molecule has 6 heteroatoms. The van der Waals surface area contributed by atoms with Crippen LogP contribution in [0.3, 0.4) is 0 Å². The van der Waals surface area contributed by atoms with Crippen molar-refractivity contribution in [3.05, 3.63) is 99.9 Å². The number of hydrogen-bond donors (Lipinski definition) is 3. The van der Waals surface area contributed by atoms with E-state index in [0.717, 1.165) is 22.0 Å². The number of rotatable bonds is 7. The molecule has 158 valence electrons. The van der Waals surface area contributed by atoms with E-state index in [2.05, 4.69) is 20.3 Å². The molecular weight excluding hydrogens is 388 g/mol. The summed E-state index contributed by atoms with van der Waals surface area (Å²) >= 11 is 0. The van der Waals surface area contributed by atoms with Crippen molar-refractivity contribution in [2.75, 3.05) is 0 Å². The van der Waals surface area contributed by atoms with Crippen LogP contribution in [0.25, 0.3) is 10.9 Å². The maximum atomic E-state index is 13.0. The number of para-hydroxylation sites is 1. The summed E-state index contributed by atoms with van der Waals surface area (Å²) in [6, 6.07) is 18.9. The highest BCUT2D eigenvalue weighted by atomic mass is 16.1. The van der Waals surface area contributed by atoms with Crippen molar-refractivity contribution in [2.24, 2.45) is 0 Å². The standard InChI is InChI=1S/C25H26N4O2/c1-16(2)25-27-19(14-24(31)29-25)13-22(17-8-4-3-5-9-17)28-23(30)12-18-15-26-21-11-7-6-10-20(18)21/h3-11,14-16,22,26H,12-13H2,1-2H3,(H,28,30)(H,27,29,31). The Morgan fingerprint density at radius 2 is 1.81 bits per heavy atom. The highest BCUT2D eigenvalue weighted by molar-refractivity contribution is 5.89. The maximum absolute atomic E-state index is 13.0. The van der Waals surface area contributed by atoms with Gasteiger partial charge in [0.15, 0.2) is 0 Å². The predicted octanol–water partition coefficient (Wildman–Crippen LogP) is 4.02. The van der Waals surface area contributed by atoms with Gasteiger partial charge < -0.3 is 15.3 Å². The third kappa shape index (κ3) is 4.91. The van der Waals surface area contributed by atoms with E-state index in [1.165, 1.54) is 6.07 Å². The Bertz CT molecular complexity index is 1240. The number of hydrogen-bond acceptors (Lipinski definition) is 3. The molecule has 31 heavy (non-hydrogen) atoms. The van der Waals surface area contributed by atoms with Crippen molar-refractivity contribution >= 4 is 16.8 Å². The van der Waals surface area contributed by atoms with Gasteiger partial charge in [-0.2, -0.15) is 0 Å². The van der Waals surface area contributed by atoms with Crippen LogP contribution in [-0.2, 0) is 17.6 Å². The zero-order chi connectivity index (χ0) is 21.8. The first-order valence-electron chi connectivity index (χ1n) is 10.5. The lowest BCUT2D eigenvalue weighted by atomic mass is 10.0. The van der Waals surface area contributed by atoms with Gasteiger partial charge >= 0.3 is 0 Å². The van der Waals surface area contributed by atoms with E-state index in [1.807, 2.05) is 74.6 Å². The Kier molecular flexibility index (Phi) is 5.98. The van der Waals surface area contributed by atoms with E-state index in [9.17, 15) is 9.59 Å². The Labute approximate surface area is 180 Å². The lowest BCUT2D eigenvalue weighted by Gasteiger charge is -2.19. The fourth-order valence-electron chi connectivity index (χ4n) is 3.75. The molecule has 0 saturated heterocycles. The first-order valence-corrected chi connectivity index (χ1v) is 10.5. The van der Waals surface area contributed by atoms with E-state index in [-0.39, 0.29) is 29.8 Å². The lowest BCUT2D eigenvalue weighted by Crippen LogP contribution is -2.31. The number of carbonyl (C=O) groups excluding carboxylic acids is 1. The zero-order valence-electron chi connectivity index (χ0n) is 17.7. The van der Waals surface area contributed by atoms with Crippen LogP contribution >= 0.6 is 0 Å². The second kappa shape index (κ2) is 9.00. The van der Waals surface area contributed by atoms with Crippen LogP contribution in [0.15, 0.2) is 71.7 Å². The van der Waals surface area contributed by atoms with Gasteiger partial charge in [-0.05, 0) is 17.2 Å². The third-order valence-electron chi connectivity index (χ3n) is 5.34. The van der Waals surface area contributed by atoms with Crippen molar-refractivity contribution < 1.29 is 4.79 Å². The minimum absolute atomic E-state index is 0.0764. The molecular formula is C25H26N4O2. The number of nitrogens with one attached hydrogen (secondary N) is 3. The third-order valence-corrected chi connectivity index (χ3v) is 5.34. The largest absolute Gasteiger partial charge is 0.361 e. The number of nitrogens with zero attached hydrogens (tertiary/aromatic N) is 1. The van der Waals surface area contributed by atoms with Crippen molar-refractivity contribution in [2.45, 2.75) is 38.6 Å². The molecule has 2 aromatic heterocycles. The molecule has 6 nitrogen and oxygen atoms in total. The van der Waals surface area contributed by atoms with Crippen molar-refractivity contribution in [1.82, 2.24) is 20.3 Å². The monoisotopic (exact) mass is 414 g/mol. The molecule has 0 radical (unpaired) electrons. The number of carbonyl (C=O) groups is 1. The van der Waals surface area contributed by atoms with E-state index in [0.29, 0.717) is 17.9 Å². The van der Waals surface area contributed by atoms with Crippen LogP contribution in [0, 0.1) is 0 Å². The number of H-pyrrole nitrogens is 2. The highest BCUT2D eigenvalue weighted by Crippen LogP contribution is 2.21. The van der Waals surface area contributed by atoms with Gasteiger partial charge in [0.05, 0.1) is 18.2 Å². The average molecular weight is 415 g/mol. The van der Waals surface area contributed by atoms with Crippen molar-refractivity contribution in [3.63, 3.8) is 0 Å². The van der Waals surface area contributed by atoms with E-state index in [1.54, 1.807) is 0 Å². The highest BCUT2D eigenvalue weighted by Gasteiger charge is 2.18. The Morgan fingerprint density at radius 1 is 1.06 bits per heavy atom. The van der Waals surface area contributed by atoms with Gasteiger partial charge in [0.2, 0.25) is 5.91 Å². The van der Waals surface area contributed by atoms with Crippen LogP contribution in [0.4, 0.5) is 0 Å². The number of aromatic nitrogens is 3. The smallest absolute Gasteiger partial charge is 0.251 e. The molecule has 0 bridgehead atoms. The number of benzene rings is 2. The molecule has 1 atom stereocenters. The number of fused-ring (bicyclic) bond motifs is 1.